The topological polar surface area (TPSA) is 41.1 Å². The molecule has 0 saturated carbocycles. The summed E-state index contributed by atoms with van der Waals surface area (Å²) in [5, 5.41) is 8.42. The van der Waals surface area contributed by atoms with Gasteiger partial charge in [0.25, 0.3) is 0 Å². The number of benzene rings is 3. The molecular weight excluding hydrogens is 284 g/mol. The predicted molar refractivity (Wildman–Crippen MR) is 95.4 cm³/mol. The molecule has 0 aliphatic carbocycles. The molecule has 0 bridgehead atoms. The van der Waals surface area contributed by atoms with Crippen molar-refractivity contribution in [3.05, 3.63) is 78.4 Å². The average molecular weight is 304 g/mol. The highest BCUT2D eigenvalue weighted by molar-refractivity contribution is 6.02. The second kappa shape index (κ2) is 7.07. The van der Waals surface area contributed by atoms with Crippen LogP contribution in [0.15, 0.2) is 72.8 Å². The molecule has 0 aliphatic rings. The van der Waals surface area contributed by atoms with Gasteiger partial charge in [-0.15, -0.1) is 0 Å². The van der Waals surface area contributed by atoms with Crippen molar-refractivity contribution in [3.63, 3.8) is 0 Å². The van der Waals surface area contributed by atoms with Gasteiger partial charge in [0.1, 0.15) is 0 Å². The minimum atomic E-state index is -0.0378. The molecule has 0 saturated heterocycles. The number of hydrogen-bond acceptors (Lipinski definition) is 2. The Bertz CT molecular complexity index is 794. The Hall–Kier alpha value is -2.65. The molecule has 0 aliphatic heterocycles. The number of hydrogen-bond donors (Lipinski definition) is 2. The van der Waals surface area contributed by atoms with E-state index in [1.807, 2.05) is 60.7 Å². The minimum absolute atomic E-state index is 0.0378. The van der Waals surface area contributed by atoms with Gasteiger partial charge in [0, 0.05) is 17.1 Å². The van der Waals surface area contributed by atoms with Crippen LogP contribution in [0.4, 0.5) is 5.69 Å². The van der Waals surface area contributed by atoms with E-state index in [9.17, 15) is 4.79 Å². The molecule has 3 aromatic rings. The summed E-state index contributed by atoms with van der Waals surface area (Å²) < 4.78 is 0. The zero-order valence-electron chi connectivity index (χ0n) is 13.1. The zero-order chi connectivity index (χ0) is 16.1. The monoisotopic (exact) mass is 304 g/mol. The molecule has 0 aromatic heterocycles. The maximum absolute atomic E-state index is 12.2. The third-order valence-corrected chi connectivity index (χ3v) is 3.93. The fourth-order valence-corrected chi connectivity index (χ4v) is 2.63. The Morgan fingerprint density at radius 3 is 2.43 bits per heavy atom. The first kappa shape index (κ1) is 15.3. The number of amides is 1. The lowest BCUT2D eigenvalue weighted by Gasteiger charge is -2.14. The van der Waals surface area contributed by atoms with Gasteiger partial charge < -0.3 is 10.6 Å². The summed E-state index contributed by atoms with van der Waals surface area (Å²) in [5.41, 5.74) is 2.02. The van der Waals surface area contributed by atoms with E-state index < -0.39 is 0 Å². The Morgan fingerprint density at radius 1 is 0.913 bits per heavy atom. The fourth-order valence-electron chi connectivity index (χ4n) is 2.63. The molecule has 1 amide bonds. The SMILES string of the molecule is C[C@H](NCC(=O)Nc1cccc2ccccc12)c1ccccc1. The standard InChI is InChI=1S/C20H20N2O/c1-15(16-8-3-2-4-9-16)21-14-20(23)22-19-13-7-11-17-10-5-6-12-18(17)19/h2-13,15,21H,14H2,1H3,(H,22,23)/t15-/m0/s1. The second-order valence-electron chi connectivity index (χ2n) is 5.59. The molecule has 3 aromatic carbocycles. The van der Waals surface area contributed by atoms with E-state index >= 15 is 0 Å². The van der Waals surface area contributed by atoms with Gasteiger partial charge in [0.15, 0.2) is 0 Å². The Labute approximate surface area is 136 Å². The van der Waals surface area contributed by atoms with Crippen molar-refractivity contribution < 1.29 is 4.79 Å². The van der Waals surface area contributed by atoms with Crippen LogP contribution in [0.3, 0.4) is 0 Å². The van der Waals surface area contributed by atoms with E-state index in [4.69, 9.17) is 0 Å². The first-order chi connectivity index (χ1) is 11.2. The summed E-state index contributed by atoms with van der Waals surface area (Å²) in [6.07, 6.45) is 0. The van der Waals surface area contributed by atoms with E-state index in [0.29, 0.717) is 0 Å². The van der Waals surface area contributed by atoms with E-state index in [2.05, 4.69) is 29.7 Å². The van der Waals surface area contributed by atoms with Gasteiger partial charge in [-0.25, -0.2) is 0 Å². The third kappa shape index (κ3) is 3.76. The van der Waals surface area contributed by atoms with Crippen molar-refractivity contribution in [2.75, 3.05) is 11.9 Å². The van der Waals surface area contributed by atoms with Crippen LogP contribution in [-0.2, 0) is 4.79 Å². The number of nitrogens with one attached hydrogen (secondary N) is 2. The van der Waals surface area contributed by atoms with Gasteiger partial charge in [-0.05, 0) is 23.9 Å². The number of anilines is 1. The maximum Gasteiger partial charge on any atom is 0.238 e. The molecule has 0 heterocycles. The van der Waals surface area contributed by atoms with E-state index in [1.54, 1.807) is 0 Å². The average Bonchev–Trinajstić information content (AvgIpc) is 2.61. The van der Waals surface area contributed by atoms with Crippen molar-refractivity contribution in [1.29, 1.82) is 0 Å². The minimum Gasteiger partial charge on any atom is -0.324 e. The molecule has 3 rings (SSSR count). The van der Waals surface area contributed by atoms with Crippen LogP contribution in [0.5, 0.6) is 0 Å². The lowest BCUT2D eigenvalue weighted by atomic mass is 10.1. The summed E-state index contributed by atoms with van der Waals surface area (Å²) >= 11 is 0. The van der Waals surface area contributed by atoms with E-state index in [0.717, 1.165) is 16.5 Å². The number of fused-ring (bicyclic) bond motifs is 1. The fraction of sp³-hybridized carbons (Fsp3) is 0.150. The van der Waals surface area contributed by atoms with Crippen molar-refractivity contribution in [2.45, 2.75) is 13.0 Å². The highest BCUT2D eigenvalue weighted by Crippen LogP contribution is 2.22. The molecule has 23 heavy (non-hydrogen) atoms. The van der Waals surface area contributed by atoms with Gasteiger partial charge in [-0.3, -0.25) is 4.79 Å². The lowest BCUT2D eigenvalue weighted by molar-refractivity contribution is -0.115. The van der Waals surface area contributed by atoms with Gasteiger partial charge >= 0.3 is 0 Å². The quantitative estimate of drug-likeness (QED) is 0.744. The summed E-state index contributed by atoms with van der Waals surface area (Å²) in [6.45, 7) is 2.33. The van der Waals surface area contributed by atoms with E-state index in [1.165, 1.54) is 5.56 Å². The molecule has 3 nitrogen and oxygen atoms in total. The first-order valence-electron chi connectivity index (χ1n) is 7.80. The predicted octanol–water partition coefficient (Wildman–Crippen LogP) is 4.13. The van der Waals surface area contributed by atoms with Crippen molar-refractivity contribution in [1.82, 2.24) is 5.32 Å². The van der Waals surface area contributed by atoms with Crippen LogP contribution in [0.1, 0.15) is 18.5 Å². The number of carbonyl (C=O) groups excluding carboxylic acids is 1. The Balaban J connectivity index is 1.63. The summed E-state index contributed by atoms with van der Waals surface area (Å²) in [7, 11) is 0. The molecule has 0 unspecified atom stereocenters. The van der Waals surface area contributed by atoms with Crippen molar-refractivity contribution in [2.24, 2.45) is 0 Å². The van der Waals surface area contributed by atoms with Gasteiger partial charge in [-0.2, -0.15) is 0 Å². The van der Waals surface area contributed by atoms with Gasteiger partial charge in [0.2, 0.25) is 5.91 Å². The van der Waals surface area contributed by atoms with Gasteiger partial charge in [-0.1, -0.05) is 66.7 Å². The normalized spacial score (nSPS) is 12.0. The molecule has 3 heteroatoms. The third-order valence-electron chi connectivity index (χ3n) is 3.93. The molecule has 1 atom stereocenters. The molecule has 2 N–H and O–H groups in total. The second-order valence-corrected chi connectivity index (χ2v) is 5.59. The van der Waals surface area contributed by atoms with Crippen LogP contribution < -0.4 is 10.6 Å². The lowest BCUT2D eigenvalue weighted by Crippen LogP contribution is -2.30. The summed E-state index contributed by atoms with van der Waals surface area (Å²) in [4.78, 5) is 12.2. The molecule has 0 spiro atoms. The molecular formula is C20H20N2O. The smallest absolute Gasteiger partial charge is 0.238 e. The first-order valence-corrected chi connectivity index (χ1v) is 7.80. The van der Waals surface area contributed by atoms with Crippen LogP contribution >= 0.6 is 0 Å². The van der Waals surface area contributed by atoms with Crippen LogP contribution in [0.2, 0.25) is 0 Å². The van der Waals surface area contributed by atoms with Crippen molar-refractivity contribution >= 4 is 22.4 Å². The summed E-state index contributed by atoms with van der Waals surface area (Å²) in [6, 6.07) is 24.2. The summed E-state index contributed by atoms with van der Waals surface area (Å²) in [5.74, 6) is -0.0378. The van der Waals surface area contributed by atoms with Crippen LogP contribution in [0, 0.1) is 0 Å². The highest BCUT2D eigenvalue weighted by Gasteiger charge is 2.08. The Morgan fingerprint density at radius 2 is 1.61 bits per heavy atom. The molecule has 0 radical (unpaired) electrons. The van der Waals surface area contributed by atoms with Gasteiger partial charge in [0.05, 0.1) is 6.54 Å². The highest BCUT2D eigenvalue weighted by atomic mass is 16.1. The van der Waals surface area contributed by atoms with Crippen LogP contribution in [0.25, 0.3) is 10.8 Å². The number of carbonyl (C=O) groups is 1. The van der Waals surface area contributed by atoms with Crippen LogP contribution in [-0.4, -0.2) is 12.5 Å². The van der Waals surface area contributed by atoms with Crippen molar-refractivity contribution in [3.8, 4) is 0 Å². The zero-order valence-corrected chi connectivity index (χ0v) is 13.1. The molecule has 116 valence electrons. The largest absolute Gasteiger partial charge is 0.324 e. The number of rotatable bonds is 5. The Kier molecular flexibility index (Phi) is 4.69. The maximum atomic E-state index is 12.2. The van der Waals surface area contributed by atoms with E-state index in [-0.39, 0.29) is 18.5 Å². The molecule has 0 fully saturated rings.